The number of halogens is 1. The zero-order chi connectivity index (χ0) is 20.2. The summed E-state index contributed by atoms with van der Waals surface area (Å²) >= 11 is 3.42. The van der Waals surface area contributed by atoms with E-state index in [1.807, 2.05) is 28.9 Å². The fraction of sp³-hybridized carbons (Fsp3) is 0.0952. The molecule has 8 heteroatoms. The Balaban J connectivity index is 1.36. The molecule has 0 aliphatic heterocycles. The Morgan fingerprint density at radius 3 is 2.93 bits per heavy atom. The van der Waals surface area contributed by atoms with Crippen LogP contribution < -0.4 is 10.1 Å². The average molecular weight is 451 g/mol. The van der Waals surface area contributed by atoms with Gasteiger partial charge in [0.2, 0.25) is 0 Å². The molecule has 1 amide bonds. The van der Waals surface area contributed by atoms with E-state index in [0.717, 1.165) is 15.8 Å². The van der Waals surface area contributed by atoms with Crippen molar-refractivity contribution >= 4 is 27.5 Å². The molecular weight excluding hydrogens is 436 g/mol. The molecule has 0 saturated carbocycles. The SMILES string of the molecule is N#Cc1ccccc1OCc1ccc(C(=O)NCc2cn3cc(Br)ccc3n2)o1. The first-order valence-electron chi connectivity index (χ1n) is 8.74. The lowest BCUT2D eigenvalue weighted by atomic mass is 10.2. The molecule has 3 aromatic heterocycles. The van der Waals surface area contributed by atoms with Gasteiger partial charge in [-0.15, -0.1) is 0 Å². The molecule has 0 saturated heterocycles. The van der Waals surface area contributed by atoms with Crippen molar-refractivity contribution in [1.82, 2.24) is 14.7 Å². The summed E-state index contributed by atoms with van der Waals surface area (Å²) in [5.74, 6) is 0.798. The average Bonchev–Trinajstić information content (AvgIpc) is 3.37. The van der Waals surface area contributed by atoms with Gasteiger partial charge < -0.3 is 18.9 Å². The fourth-order valence-electron chi connectivity index (χ4n) is 2.77. The van der Waals surface area contributed by atoms with Crippen LogP contribution in [0.1, 0.15) is 27.6 Å². The maximum Gasteiger partial charge on any atom is 0.287 e. The molecular formula is C21H15BrN4O3. The van der Waals surface area contributed by atoms with Crippen molar-refractivity contribution in [3.8, 4) is 11.8 Å². The summed E-state index contributed by atoms with van der Waals surface area (Å²) in [5, 5.41) is 11.9. The number of furan rings is 1. The first kappa shape index (κ1) is 18.8. The van der Waals surface area contributed by atoms with Gasteiger partial charge in [0.15, 0.2) is 5.76 Å². The number of nitrogens with zero attached hydrogens (tertiary/aromatic N) is 3. The summed E-state index contributed by atoms with van der Waals surface area (Å²) in [4.78, 5) is 16.8. The van der Waals surface area contributed by atoms with Crippen LogP contribution in [0, 0.1) is 11.3 Å². The van der Waals surface area contributed by atoms with Crippen LogP contribution in [-0.2, 0) is 13.2 Å². The van der Waals surface area contributed by atoms with Crippen LogP contribution in [0.4, 0.5) is 0 Å². The highest BCUT2D eigenvalue weighted by atomic mass is 79.9. The molecule has 144 valence electrons. The van der Waals surface area contributed by atoms with E-state index in [2.05, 4.69) is 32.3 Å². The van der Waals surface area contributed by atoms with Gasteiger partial charge in [0.1, 0.15) is 29.8 Å². The molecule has 0 atom stereocenters. The smallest absolute Gasteiger partial charge is 0.287 e. The first-order valence-corrected chi connectivity index (χ1v) is 9.53. The number of nitriles is 1. The lowest BCUT2D eigenvalue weighted by Crippen LogP contribution is -2.22. The molecule has 29 heavy (non-hydrogen) atoms. The number of nitrogens with one attached hydrogen (secondary N) is 1. The minimum absolute atomic E-state index is 0.118. The van der Waals surface area contributed by atoms with Crippen LogP contribution in [0.5, 0.6) is 5.75 Å². The Morgan fingerprint density at radius 1 is 1.21 bits per heavy atom. The number of hydrogen-bond acceptors (Lipinski definition) is 5. The number of carbonyl (C=O) groups is 1. The second kappa shape index (κ2) is 8.20. The summed E-state index contributed by atoms with van der Waals surface area (Å²) in [6.07, 6.45) is 3.76. The maximum atomic E-state index is 12.3. The summed E-state index contributed by atoms with van der Waals surface area (Å²) in [6, 6.07) is 16.1. The molecule has 1 N–H and O–H groups in total. The summed E-state index contributed by atoms with van der Waals surface area (Å²) in [7, 11) is 0. The number of carbonyl (C=O) groups excluding carboxylic acids is 1. The molecule has 0 bridgehead atoms. The predicted octanol–water partition coefficient (Wildman–Crippen LogP) is 4.07. The molecule has 7 nitrogen and oxygen atoms in total. The zero-order valence-electron chi connectivity index (χ0n) is 15.1. The lowest BCUT2D eigenvalue weighted by Gasteiger charge is -2.05. The number of amides is 1. The van der Waals surface area contributed by atoms with Gasteiger partial charge in [0, 0.05) is 16.9 Å². The Bertz CT molecular complexity index is 1220. The Kier molecular flexibility index (Phi) is 5.31. The van der Waals surface area contributed by atoms with E-state index >= 15 is 0 Å². The van der Waals surface area contributed by atoms with E-state index in [9.17, 15) is 4.79 Å². The van der Waals surface area contributed by atoms with Crippen LogP contribution in [-0.4, -0.2) is 15.3 Å². The Morgan fingerprint density at radius 2 is 2.07 bits per heavy atom. The largest absolute Gasteiger partial charge is 0.484 e. The normalized spacial score (nSPS) is 10.6. The van der Waals surface area contributed by atoms with Gasteiger partial charge in [0.05, 0.1) is 17.8 Å². The topological polar surface area (TPSA) is 92.6 Å². The van der Waals surface area contributed by atoms with Gasteiger partial charge in [-0.05, 0) is 52.3 Å². The second-order valence-corrected chi connectivity index (χ2v) is 7.11. The van der Waals surface area contributed by atoms with Crippen molar-refractivity contribution < 1.29 is 13.9 Å². The third-order valence-electron chi connectivity index (χ3n) is 4.16. The quantitative estimate of drug-likeness (QED) is 0.477. The molecule has 0 unspecified atom stereocenters. The van der Waals surface area contributed by atoms with Crippen LogP contribution in [0.15, 0.2) is 69.8 Å². The zero-order valence-corrected chi connectivity index (χ0v) is 16.7. The third-order valence-corrected chi connectivity index (χ3v) is 4.63. The van der Waals surface area contributed by atoms with Gasteiger partial charge >= 0.3 is 0 Å². The number of hydrogen-bond donors (Lipinski definition) is 1. The van der Waals surface area contributed by atoms with E-state index in [1.54, 1.807) is 36.4 Å². The van der Waals surface area contributed by atoms with Crippen molar-refractivity contribution in [2.75, 3.05) is 0 Å². The van der Waals surface area contributed by atoms with E-state index in [-0.39, 0.29) is 24.8 Å². The molecule has 4 aromatic rings. The molecule has 0 fully saturated rings. The monoisotopic (exact) mass is 450 g/mol. The summed E-state index contributed by atoms with van der Waals surface area (Å²) in [5.41, 5.74) is 1.98. The van der Waals surface area contributed by atoms with Crippen molar-refractivity contribution in [1.29, 1.82) is 5.26 Å². The second-order valence-electron chi connectivity index (χ2n) is 6.19. The number of benzene rings is 1. The number of ether oxygens (including phenoxy) is 1. The molecule has 3 heterocycles. The number of aromatic nitrogens is 2. The maximum absolute atomic E-state index is 12.3. The van der Waals surface area contributed by atoms with E-state index in [1.165, 1.54) is 0 Å². The number of imidazole rings is 1. The van der Waals surface area contributed by atoms with E-state index < -0.39 is 0 Å². The van der Waals surface area contributed by atoms with Crippen LogP contribution in [0.25, 0.3) is 5.65 Å². The number of para-hydroxylation sites is 1. The van der Waals surface area contributed by atoms with E-state index in [4.69, 9.17) is 14.4 Å². The molecule has 1 aromatic carbocycles. The third kappa shape index (κ3) is 4.31. The highest BCUT2D eigenvalue weighted by Gasteiger charge is 2.13. The first-order chi connectivity index (χ1) is 14.1. The van der Waals surface area contributed by atoms with Crippen LogP contribution >= 0.6 is 15.9 Å². The summed E-state index contributed by atoms with van der Waals surface area (Å²) < 4.78 is 14.0. The molecule has 0 aliphatic rings. The lowest BCUT2D eigenvalue weighted by molar-refractivity contribution is 0.0918. The Labute approximate surface area is 174 Å². The van der Waals surface area contributed by atoms with E-state index in [0.29, 0.717) is 17.1 Å². The molecule has 0 radical (unpaired) electrons. The standard InChI is InChI=1S/C21H15BrN4O3/c22-15-5-8-20-25-16(12-26(20)11-15)10-24-21(27)19-7-6-17(29-19)13-28-18-4-2-1-3-14(18)9-23/h1-8,11-12H,10,13H2,(H,24,27). The highest BCUT2D eigenvalue weighted by Crippen LogP contribution is 2.19. The van der Waals surface area contributed by atoms with Crippen LogP contribution in [0.2, 0.25) is 0 Å². The van der Waals surface area contributed by atoms with Gasteiger partial charge in [-0.2, -0.15) is 5.26 Å². The number of pyridine rings is 1. The predicted molar refractivity (Wildman–Crippen MR) is 108 cm³/mol. The molecule has 0 spiro atoms. The highest BCUT2D eigenvalue weighted by molar-refractivity contribution is 9.10. The van der Waals surface area contributed by atoms with Crippen molar-refractivity contribution in [2.24, 2.45) is 0 Å². The van der Waals surface area contributed by atoms with Gasteiger partial charge in [-0.3, -0.25) is 4.79 Å². The molecule has 4 rings (SSSR count). The van der Waals surface area contributed by atoms with Crippen molar-refractivity contribution in [2.45, 2.75) is 13.2 Å². The minimum Gasteiger partial charge on any atom is -0.484 e. The molecule has 0 aliphatic carbocycles. The summed E-state index contributed by atoms with van der Waals surface area (Å²) in [6.45, 7) is 0.396. The number of rotatable bonds is 6. The van der Waals surface area contributed by atoms with Crippen molar-refractivity contribution in [3.05, 3.63) is 88.2 Å². The van der Waals surface area contributed by atoms with Gasteiger partial charge in [0.25, 0.3) is 5.91 Å². The van der Waals surface area contributed by atoms with Crippen molar-refractivity contribution in [3.63, 3.8) is 0 Å². The Hall–Kier alpha value is -3.57. The fourth-order valence-corrected chi connectivity index (χ4v) is 3.12. The number of fused-ring (bicyclic) bond motifs is 1. The van der Waals surface area contributed by atoms with Gasteiger partial charge in [-0.25, -0.2) is 4.98 Å². The van der Waals surface area contributed by atoms with Gasteiger partial charge in [-0.1, -0.05) is 12.1 Å². The minimum atomic E-state index is -0.341. The van der Waals surface area contributed by atoms with Crippen LogP contribution in [0.3, 0.4) is 0 Å².